The first kappa shape index (κ1) is 16.3. The summed E-state index contributed by atoms with van der Waals surface area (Å²) in [6.07, 6.45) is 1.73. The lowest BCUT2D eigenvalue weighted by molar-refractivity contribution is 0.0776. The maximum atomic E-state index is 12.8. The molecule has 0 saturated heterocycles. The zero-order valence-electron chi connectivity index (χ0n) is 13.9. The van der Waals surface area contributed by atoms with Crippen molar-refractivity contribution in [2.45, 2.75) is 13.5 Å². The molecule has 0 atom stereocenters. The van der Waals surface area contributed by atoms with Crippen molar-refractivity contribution in [3.05, 3.63) is 64.1 Å². The normalized spacial score (nSPS) is 10.6. The second kappa shape index (κ2) is 6.88. The third-order valence-electron chi connectivity index (χ3n) is 3.82. The number of methoxy groups -OCH3 is 1. The smallest absolute Gasteiger partial charge is 0.278 e. The van der Waals surface area contributed by atoms with E-state index in [1.807, 2.05) is 35.7 Å². The maximum Gasteiger partial charge on any atom is 0.278 e. The van der Waals surface area contributed by atoms with Crippen LogP contribution >= 0.6 is 11.3 Å². The summed E-state index contributed by atoms with van der Waals surface area (Å²) in [5.74, 6) is 0.313. The minimum absolute atomic E-state index is 0.158. The fraction of sp³-hybridized carbons (Fsp3) is 0.222. The summed E-state index contributed by atoms with van der Waals surface area (Å²) in [5, 5.41) is 6.46. The van der Waals surface area contributed by atoms with Crippen LogP contribution in [0.4, 0.5) is 0 Å². The van der Waals surface area contributed by atoms with Gasteiger partial charge in [-0.05, 0) is 36.1 Å². The minimum atomic E-state index is -0.158. The maximum absolute atomic E-state index is 12.8. The Bertz CT molecular complexity index is 839. The van der Waals surface area contributed by atoms with E-state index >= 15 is 0 Å². The van der Waals surface area contributed by atoms with Gasteiger partial charge >= 0.3 is 0 Å². The van der Waals surface area contributed by atoms with Crippen LogP contribution in [-0.4, -0.2) is 34.7 Å². The molecule has 0 fully saturated rings. The Morgan fingerprint density at radius 3 is 2.67 bits per heavy atom. The minimum Gasteiger partial charge on any atom is -0.493 e. The van der Waals surface area contributed by atoms with Crippen LogP contribution < -0.4 is 4.74 Å². The van der Waals surface area contributed by atoms with E-state index in [2.05, 4.69) is 18.1 Å². The topological polar surface area (TPSA) is 47.4 Å². The predicted molar refractivity (Wildman–Crippen MR) is 95.0 cm³/mol. The molecule has 1 amide bonds. The van der Waals surface area contributed by atoms with Crippen LogP contribution in [0.15, 0.2) is 48.0 Å². The first-order chi connectivity index (χ1) is 11.6. The molecule has 0 unspecified atom stereocenters. The van der Waals surface area contributed by atoms with Gasteiger partial charge in [0.1, 0.15) is 0 Å². The van der Waals surface area contributed by atoms with E-state index in [9.17, 15) is 4.79 Å². The summed E-state index contributed by atoms with van der Waals surface area (Å²) in [6, 6.07) is 11.7. The van der Waals surface area contributed by atoms with Gasteiger partial charge in [0.05, 0.1) is 25.5 Å². The molecule has 0 aliphatic heterocycles. The van der Waals surface area contributed by atoms with Gasteiger partial charge < -0.3 is 9.64 Å². The summed E-state index contributed by atoms with van der Waals surface area (Å²) in [5.41, 5.74) is 2.39. The van der Waals surface area contributed by atoms with E-state index in [1.54, 1.807) is 41.3 Å². The molecule has 3 aromatic rings. The molecule has 0 saturated carbocycles. The quantitative estimate of drug-likeness (QED) is 0.713. The summed E-state index contributed by atoms with van der Waals surface area (Å²) < 4.78 is 7.01. The average Bonchev–Trinajstić information content (AvgIpc) is 3.21. The van der Waals surface area contributed by atoms with E-state index in [0.717, 1.165) is 5.69 Å². The Morgan fingerprint density at radius 1 is 1.29 bits per heavy atom. The number of ether oxygens (including phenoxy) is 1. The zero-order chi connectivity index (χ0) is 17.1. The van der Waals surface area contributed by atoms with Crippen molar-refractivity contribution in [1.29, 1.82) is 0 Å². The lowest BCUT2D eigenvalue weighted by Crippen LogP contribution is -2.27. The van der Waals surface area contributed by atoms with Crippen LogP contribution in [0.3, 0.4) is 0 Å². The van der Waals surface area contributed by atoms with Crippen LogP contribution in [0.2, 0.25) is 0 Å². The van der Waals surface area contributed by atoms with Gasteiger partial charge in [-0.15, -0.1) is 11.3 Å². The van der Waals surface area contributed by atoms with Gasteiger partial charge in [0.25, 0.3) is 5.91 Å². The Kier molecular flexibility index (Phi) is 4.66. The highest BCUT2D eigenvalue weighted by Crippen LogP contribution is 2.23. The molecule has 0 spiro atoms. The number of nitrogens with zero attached hydrogens (tertiary/aromatic N) is 3. The number of rotatable bonds is 5. The molecular formula is C18H19N3O2S. The number of hydrogen-bond acceptors (Lipinski definition) is 4. The highest BCUT2D eigenvalue weighted by Gasteiger charge is 2.22. The molecular weight excluding hydrogens is 322 g/mol. The number of aromatic nitrogens is 2. The van der Waals surface area contributed by atoms with E-state index in [1.165, 1.54) is 10.4 Å². The van der Waals surface area contributed by atoms with Crippen molar-refractivity contribution in [3.63, 3.8) is 0 Å². The second-order valence-electron chi connectivity index (χ2n) is 5.51. The van der Waals surface area contributed by atoms with Crippen LogP contribution in [0.5, 0.6) is 5.75 Å². The largest absolute Gasteiger partial charge is 0.493 e. The van der Waals surface area contributed by atoms with Gasteiger partial charge in [-0.3, -0.25) is 4.79 Å². The number of carbonyl (C=O) groups is 1. The zero-order valence-corrected chi connectivity index (χ0v) is 14.7. The number of hydrogen-bond donors (Lipinski definition) is 0. The predicted octanol–water partition coefficient (Wildman–Crippen LogP) is 3.52. The highest BCUT2D eigenvalue weighted by atomic mass is 32.1. The fourth-order valence-corrected chi connectivity index (χ4v) is 3.36. The Labute approximate surface area is 145 Å². The van der Waals surface area contributed by atoms with Crippen molar-refractivity contribution in [2.75, 3.05) is 14.2 Å². The van der Waals surface area contributed by atoms with Crippen LogP contribution in [0.25, 0.3) is 5.69 Å². The standard InChI is InChI=1S/C18H19N3O2S/c1-13-9-10-24-16(13)12-20(2)18(22)17-15(23-3)11-21(19-17)14-7-5-4-6-8-14/h4-11H,12H2,1-3H3. The summed E-state index contributed by atoms with van der Waals surface area (Å²) >= 11 is 1.65. The molecule has 24 heavy (non-hydrogen) atoms. The lowest BCUT2D eigenvalue weighted by atomic mass is 10.2. The van der Waals surface area contributed by atoms with Gasteiger partial charge in [0.2, 0.25) is 0 Å². The van der Waals surface area contributed by atoms with E-state index in [4.69, 9.17) is 4.74 Å². The number of para-hydroxylation sites is 1. The number of aryl methyl sites for hydroxylation is 1. The number of benzene rings is 1. The fourth-order valence-electron chi connectivity index (χ4n) is 2.40. The van der Waals surface area contributed by atoms with E-state index < -0.39 is 0 Å². The number of thiophene rings is 1. The van der Waals surface area contributed by atoms with Crippen molar-refractivity contribution in [3.8, 4) is 11.4 Å². The monoisotopic (exact) mass is 341 g/mol. The van der Waals surface area contributed by atoms with Crippen molar-refractivity contribution in [1.82, 2.24) is 14.7 Å². The first-order valence-electron chi connectivity index (χ1n) is 7.57. The molecule has 0 bridgehead atoms. The Balaban J connectivity index is 1.86. The summed E-state index contributed by atoms with van der Waals surface area (Å²) in [7, 11) is 3.33. The van der Waals surface area contributed by atoms with Gasteiger partial charge in [-0.25, -0.2) is 4.68 Å². The van der Waals surface area contributed by atoms with Gasteiger partial charge in [-0.2, -0.15) is 5.10 Å². The molecule has 2 aromatic heterocycles. The summed E-state index contributed by atoms with van der Waals surface area (Å²) in [6.45, 7) is 2.61. The highest BCUT2D eigenvalue weighted by molar-refractivity contribution is 7.10. The van der Waals surface area contributed by atoms with Gasteiger partial charge in [0, 0.05) is 11.9 Å². The summed E-state index contributed by atoms with van der Waals surface area (Å²) in [4.78, 5) is 15.6. The Morgan fingerprint density at radius 2 is 2.04 bits per heavy atom. The van der Waals surface area contributed by atoms with Crippen molar-refractivity contribution in [2.24, 2.45) is 0 Å². The van der Waals surface area contributed by atoms with Gasteiger partial charge in [0.15, 0.2) is 11.4 Å². The van der Waals surface area contributed by atoms with Crippen molar-refractivity contribution >= 4 is 17.2 Å². The van der Waals surface area contributed by atoms with E-state index in [-0.39, 0.29) is 5.91 Å². The van der Waals surface area contributed by atoms with E-state index in [0.29, 0.717) is 18.0 Å². The molecule has 5 nitrogen and oxygen atoms in total. The molecule has 124 valence electrons. The average molecular weight is 341 g/mol. The third kappa shape index (κ3) is 3.19. The molecule has 0 N–H and O–H groups in total. The molecule has 0 radical (unpaired) electrons. The SMILES string of the molecule is COc1cn(-c2ccccc2)nc1C(=O)N(C)Cc1sccc1C. The molecule has 3 rings (SSSR count). The Hall–Kier alpha value is -2.60. The molecule has 6 heteroatoms. The molecule has 0 aliphatic carbocycles. The second-order valence-corrected chi connectivity index (χ2v) is 6.51. The number of carbonyl (C=O) groups excluding carboxylic acids is 1. The first-order valence-corrected chi connectivity index (χ1v) is 8.45. The van der Waals surface area contributed by atoms with Crippen molar-refractivity contribution < 1.29 is 9.53 Å². The lowest BCUT2D eigenvalue weighted by Gasteiger charge is -2.16. The molecule has 2 heterocycles. The van der Waals surface area contributed by atoms with Crippen LogP contribution in [0, 0.1) is 6.92 Å². The van der Waals surface area contributed by atoms with Gasteiger partial charge in [-0.1, -0.05) is 18.2 Å². The van der Waals surface area contributed by atoms with Crippen LogP contribution in [0.1, 0.15) is 20.9 Å². The number of amides is 1. The van der Waals surface area contributed by atoms with Crippen LogP contribution in [-0.2, 0) is 6.54 Å². The third-order valence-corrected chi connectivity index (χ3v) is 4.83. The molecule has 0 aliphatic rings. The molecule has 1 aromatic carbocycles.